The maximum Gasteiger partial charge on any atom is 0.337 e. The Morgan fingerprint density at radius 2 is 2.06 bits per heavy atom. The van der Waals surface area contributed by atoms with Crippen LogP contribution in [-0.4, -0.2) is 17.0 Å². The molecule has 1 aromatic carbocycles. The Morgan fingerprint density at radius 1 is 1.44 bits per heavy atom. The van der Waals surface area contributed by atoms with E-state index in [9.17, 15) is 9.59 Å². The average molecular weight is 312 g/mol. The van der Waals surface area contributed by atoms with Crippen molar-refractivity contribution in [1.29, 1.82) is 0 Å². The zero-order chi connectivity index (χ0) is 13.5. The maximum atomic E-state index is 12.0. The second-order valence-electron chi connectivity index (χ2n) is 5.20. The van der Waals surface area contributed by atoms with Crippen molar-refractivity contribution in [3.63, 3.8) is 0 Å². The van der Waals surface area contributed by atoms with Crippen molar-refractivity contribution < 1.29 is 14.7 Å². The third-order valence-electron chi connectivity index (χ3n) is 3.32. The van der Waals surface area contributed by atoms with Gasteiger partial charge >= 0.3 is 5.97 Å². The van der Waals surface area contributed by atoms with E-state index in [2.05, 4.69) is 21.2 Å². The maximum absolute atomic E-state index is 12.0. The van der Waals surface area contributed by atoms with Gasteiger partial charge in [-0.1, -0.05) is 19.9 Å². The van der Waals surface area contributed by atoms with Crippen molar-refractivity contribution in [3.8, 4) is 0 Å². The van der Waals surface area contributed by atoms with Crippen molar-refractivity contribution in [2.24, 2.45) is 11.3 Å². The number of nitrogens with one attached hydrogen (secondary N) is 1. The van der Waals surface area contributed by atoms with Crippen LogP contribution in [0.1, 0.15) is 30.6 Å². The fraction of sp³-hybridized carbons (Fsp3) is 0.385. The van der Waals surface area contributed by atoms with Gasteiger partial charge in [-0.15, -0.1) is 0 Å². The molecule has 0 saturated heterocycles. The topological polar surface area (TPSA) is 66.4 Å². The molecule has 1 amide bonds. The van der Waals surface area contributed by atoms with Gasteiger partial charge in [0.05, 0.1) is 11.3 Å². The van der Waals surface area contributed by atoms with Crippen LogP contribution >= 0.6 is 15.9 Å². The van der Waals surface area contributed by atoms with Crippen LogP contribution in [0.3, 0.4) is 0 Å². The smallest absolute Gasteiger partial charge is 0.337 e. The number of anilines is 1. The predicted molar refractivity (Wildman–Crippen MR) is 71.6 cm³/mol. The van der Waals surface area contributed by atoms with Crippen LogP contribution in [0.2, 0.25) is 0 Å². The minimum atomic E-state index is -1.05. The Hall–Kier alpha value is -1.36. The van der Waals surface area contributed by atoms with E-state index >= 15 is 0 Å². The fourth-order valence-corrected chi connectivity index (χ4v) is 2.42. The number of para-hydroxylation sites is 1. The van der Waals surface area contributed by atoms with Crippen molar-refractivity contribution in [2.75, 3.05) is 5.32 Å². The van der Waals surface area contributed by atoms with E-state index in [1.807, 2.05) is 13.8 Å². The molecule has 0 aliphatic heterocycles. The van der Waals surface area contributed by atoms with E-state index in [1.54, 1.807) is 12.1 Å². The summed E-state index contributed by atoms with van der Waals surface area (Å²) < 4.78 is 0.578. The Labute approximate surface area is 114 Å². The average Bonchev–Trinajstić information content (AvgIpc) is 2.90. The lowest BCUT2D eigenvalue weighted by molar-refractivity contribution is -0.118. The van der Waals surface area contributed by atoms with Crippen molar-refractivity contribution in [2.45, 2.75) is 20.3 Å². The third-order valence-corrected chi connectivity index (χ3v) is 3.98. The highest BCUT2D eigenvalue weighted by Gasteiger charge is 2.50. The number of carbonyl (C=O) groups is 2. The number of carbonyl (C=O) groups excluding carboxylic acids is 1. The molecular weight excluding hydrogens is 298 g/mol. The largest absolute Gasteiger partial charge is 0.478 e. The lowest BCUT2D eigenvalue weighted by Crippen LogP contribution is -2.19. The Bertz CT molecular complexity index is 525. The van der Waals surface area contributed by atoms with Crippen molar-refractivity contribution >= 4 is 33.5 Å². The second-order valence-corrected chi connectivity index (χ2v) is 6.06. The summed E-state index contributed by atoms with van der Waals surface area (Å²) in [5.74, 6) is -1.21. The van der Waals surface area contributed by atoms with Crippen LogP contribution in [-0.2, 0) is 4.79 Å². The Morgan fingerprint density at radius 3 is 2.56 bits per heavy atom. The van der Waals surface area contributed by atoms with E-state index < -0.39 is 5.97 Å². The molecule has 1 saturated carbocycles. The summed E-state index contributed by atoms with van der Waals surface area (Å²) in [7, 11) is 0. The lowest BCUT2D eigenvalue weighted by atomic mass is 10.1. The number of benzene rings is 1. The number of carboxylic acids is 1. The molecule has 0 aromatic heterocycles. The molecule has 1 atom stereocenters. The number of carboxylic acid groups (broad SMARTS) is 1. The summed E-state index contributed by atoms with van der Waals surface area (Å²) in [5.41, 5.74) is 0.447. The van der Waals surface area contributed by atoms with Crippen molar-refractivity contribution in [3.05, 3.63) is 28.2 Å². The van der Waals surface area contributed by atoms with Gasteiger partial charge in [-0.05, 0) is 39.9 Å². The van der Waals surface area contributed by atoms with Gasteiger partial charge in [-0.3, -0.25) is 4.79 Å². The first kappa shape index (κ1) is 13.1. The van der Waals surface area contributed by atoms with E-state index in [0.29, 0.717) is 10.2 Å². The molecule has 5 heteroatoms. The quantitative estimate of drug-likeness (QED) is 0.901. The van der Waals surface area contributed by atoms with E-state index in [0.717, 1.165) is 6.42 Å². The van der Waals surface area contributed by atoms with Crippen molar-refractivity contribution in [1.82, 2.24) is 0 Å². The summed E-state index contributed by atoms with van der Waals surface area (Å²) in [4.78, 5) is 23.1. The van der Waals surface area contributed by atoms with Gasteiger partial charge in [0.15, 0.2) is 0 Å². The number of amides is 1. The highest BCUT2D eigenvalue weighted by molar-refractivity contribution is 9.10. The molecule has 4 nitrogen and oxygen atoms in total. The van der Waals surface area contributed by atoms with Gasteiger partial charge in [-0.25, -0.2) is 4.79 Å². The Kier molecular flexibility index (Phi) is 3.19. The van der Waals surface area contributed by atoms with E-state index in [4.69, 9.17) is 5.11 Å². The lowest BCUT2D eigenvalue weighted by Gasteiger charge is -2.11. The highest BCUT2D eigenvalue weighted by Crippen LogP contribution is 2.52. The molecule has 1 unspecified atom stereocenters. The van der Waals surface area contributed by atoms with Gasteiger partial charge in [-0.2, -0.15) is 0 Å². The number of hydrogen-bond donors (Lipinski definition) is 2. The number of hydrogen-bond acceptors (Lipinski definition) is 2. The molecule has 1 aliphatic rings. The Balaban J connectivity index is 2.24. The monoisotopic (exact) mass is 311 g/mol. The van der Waals surface area contributed by atoms with E-state index in [1.165, 1.54) is 6.07 Å². The van der Waals surface area contributed by atoms with Crippen LogP contribution < -0.4 is 5.32 Å². The molecule has 1 aromatic rings. The molecule has 96 valence electrons. The standard InChI is InChI=1S/C13H14BrNO3/c1-13(2)6-8(13)11(16)15-10-7(12(17)18)4-3-5-9(10)14/h3-5,8H,6H2,1-2H3,(H,15,16)(H,17,18). The van der Waals surface area contributed by atoms with Gasteiger partial charge in [0, 0.05) is 10.4 Å². The minimum Gasteiger partial charge on any atom is -0.478 e. The van der Waals surface area contributed by atoms with Gasteiger partial charge in [0.25, 0.3) is 0 Å². The molecule has 0 spiro atoms. The summed E-state index contributed by atoms with van der Waals surface area (Å²) in [6, 6.07) is 4.81. The summed E-state index contributed by atoms with van der Waals surface area (Å²) in [5, 5.41) is 11.8. The predicted octanol–water partition coefficient (Wildman–Crippen LogP) is 3.13. The molecule has 2 rings (SSSR count). The third kappa shape index (κ3) is 2.41. The number of rotatable bonds is 3. The normalized spacial score (nSPS) is 20.3. The highest BCUT2D eigenvalue weighted by atomic mass is 79.9. The van der Waals surface area contributed by atoms with Crippen LogP contribution in [0, 0.1) is 11.3 Å². The molecule has 2 N–H and O–H groups in total. The molecular formula is C13H14BrNO3. The molecule has 0 radical (unpaired) electrons. The van der Waals surface area contributed by atoms with Crippen LogP contribution in [0.4, 0.5) is 5.69 Å². The number of halogens is 1. The van der Waals surface area contributed by atoms with Crippen LogP contribution in [0.5, 0.6) is 0 Å². The minimum absolute atomic E-state index is 0.0225. The van der Waals surface area contributed by atoms with Crippen LogP contribution in [0.25, 0.3) is 0 Å². The molecule has 18 heavy (non-hydrogen) atoms. The molecule has 0 bridgehead atoms. The van der Waals surface area contributed by atoms with E-state index in [-0.39, 0.29) is 22.8 Å². The zero-order valence-electron chi connectivity index (χ0n) is 10.2. The van der Waals surface area contributed by atoms with Gasteiger partial charge in [0.1, 0.15) is 0 Å². The molecule has 1 aliphatic carbocycles. The SMILES string of the molecule is CC1(C)CC1C(=O)Nc1c(Br)cccc1C(=O)O. The molecule has 1 fully saturated rings. The fourth-order valence-electron chi connectivity index (χ4n) is 1.95. The molecule has 0 heterocycles. The summed E-state index contributed by atoms with van der Waals surface area (Å²) in [6.07, 6.45) is 0.839. The van der Waals surface area contributed by atoms with Crippen LogP contribution in [0.15, 0.2) is 22.7 Å². The first-order valence-corrected chi connectivity index (χ1v) is 6.45. The number of aromatic carboxylic acids is 1. The first-order valence-electron chi connectivity index (χ1n) is 5.65. The second kappa shape index (κ2) is 4.39. The van der Waals surface area contributed by atoms with Gasteiger partial charge < -0.3 is 10.4 Å². The van der Waals surface area contributed by atoms with Gasteiger partial charge in [0.2, 0.25) is 5.91 Å². The summed E-state index contributed by atoms with van der Waals surface area (Å²) in [6.45, 7) is 4.05. The summed E-state index contributed by atoms with van der Waals surface area (Å²) >= 11 is 3.26. The first-order chi connectivity index (χ1) is 8.33. The zero-order valence-corrected chi connectivity index (χ0v) is 11.7.